The third kappa shape index (κ3) is 4.66. The number of rotatable bonds is 6. The molecule has 17 heavy (non-hydrogen) atoms. The Morgan fingerprint density at radius 2 is 2.29 bits per heavy atom. The van der Waals surface area contributed by atoms with Crippen molar-refractivity contribution in [2.75, 3.05) is 25.1 Å². The Labute approximate surface area is 108 Å². The van der Waals surface area contributed by atoms with Gasteiger partial charge in [-0.2, -0.15) is 0 Å². The highest BCUT2D eigenvalue weighted by molar-refractivity contribution is 7.80. The highest BCUT2D eigenvalue weighted by Crippen LogP contribution is 2.12. The first-order valence-electron chi connectivity index (χ1n) is 5.59. The molecule has 0 unspecified atom stereocenters. The first kappa shape index (κ1) is 13.9. The number of nitrogens with zero attached hydrogens (tertiary/aromatic N) is 2. The first-order chi connectivity index (χ1) is 8.00. The normalized spacial score (nSPS) is 10.6. The fraction of sp³-hybridized carbons (Fsp3) is 0.500. The molecule has 0 aliphatic heterocycles. The Morgan fingerprint density at radius 1 is 1.59 bits per heavy atom. The first-order valence-corrected chi connectivity index (χ1v) is 6.00. The van der Waals surface area contributed by atoms with E-state index in [9.17, 15) is 0 Å². The lowest BCUT2D eigenvalue weighted by Crippen LogP contribution is -2.24. The number of nitrogens with two attached hydrogens (primary N) is 1. The predicted octanol–water partition coefficient (Wildman–Crippen LogP) is 1.58. The van der Waals surface area contributed by atoms with E-state index in [4.69, 9.17) is 22.7 Å². The van der Waals surface area contributed by atoms with Crippen molar-refractivity contribution in [2.24, 2.45) is 5.73 Å². The van der Waals surface area contributed by atoms with Gasteiger partial charge in [0.2, 0.25) is 0 Å². The summed E-state index contributed by atoms with van der Waals surface area (Å²) in [5, 5.41) is 0. The predicted molar refractivity (Wildman–Crippen MR) is 74.5 cm³/mol. The lowest BCUT2D eigenvalue weighted by molar-refractivity contribution is 0.0846. The molecule has 1 heterocycles. The van der Waals surface area contributed by atoms with Crippen molar-refractivity contribution in [1.29, 1.82) is 0 Å². The summed E-state index contributed by atoms with van der Waals surface area (Å²) < 4.78 is 5.50. The summed E-state index contributed by atoms with van der Waals surface area (Å²) in [7, 11) is 2.00. The molecule has 0 saturated carbocycles. The Bertz CT molecular complexity index is 382. The molecule has 1 aromatic heterocycles. The van der Waals surface area contributed by atoms with Crippen LogP contribution in [0.5, 0.6) is 0 Å². The molecule has 0 aromatic carbocycles. The molecule has 0 atom stereocenters. The van der Waals surface area contributed by atoms with E-state index in [1.165, 1.54) is 0 Å². The van der Waals surface area contributed by atoms with Crippen LogP contribution in [0.3, 0.4) is 0 Å². The van der Waals surface area contributed by atoms with E-state index in [0.717, 1.165) is 12.2 Å². The van der Waals surface area contributed by atoms with Crippen LogP contribution in [0.25, 0.3) is 0 Å². The Morgan fingerprint density at radius 3 is 2.88 bits per heavy atom. The van der Waals surface area contributed by atoms with Gasteiger partial charge in [-0.1, -0.05) is 12.2 Å². The second kappa shape index (κ2) is 6.51. The third-order valence-corrected chi connectivity index (χ3v) is 2.52. The van der Waals surface area contributed by atoms with Crippen molar-refractivity contribution in [3.05, 3.63) is 24.0 Å². The maximum Gasteiger partial charge on any atom is 0.122 e. The minimum atomic E-state index is 0.257. The SMILES string of the molecule is CC(C)OCCN(C)c1ccnc(C(N)=S)c1. The minimum absolute atomic E-state index is 0.257. The van der Waals surface area contributed by atoms with Gasteiger partial charge >= 0.3 is 0 Å². The second-order valence-electron chi connectivity index (χ2n) is 4.10. The van der Waals surface area contributed by atoms with E-state index in [1.807, 2.05) is 33.0 Å². The van der Waals surface area contributed by atoms with Crippen molar-refractivity contribution in [2.45, 2.75) is 20.0 Å². The second-order valence-corrected chi connectivity index (χ2v) is 4.54. The smallest absolute Gasteiger partial charge is 0.122 e. The topological polar surface area (TPSA) is 51.4 Å². The summed E-state index contributed by atoms with van der Waals surface area (Å²) in [6, 6.07) is 3.81. The van der Waals surface area contributed by atoms with Crippen molar-refractivity contribution >= 4 is 22.9 Å². The van der Waals surface area contributed by atoms with E-state index < -0.39 is 0 Å². The zero-order valence-electron chi connectivity index (χ0n) is 10.5. The molecule has 94 valence electrons. The Kier molecular flexibility index (Phi) is 5.31. The summed E-state index contributed by atoms with van der Waals surface area (Å²) in [6.45, 7) is 5.56. The number of likely N-dealkylation sites (N-methyl/N-ethyl adjacent to an activating group) is 1. The Hall–Kier alpha value is -1.20. The number of anilines is 1. The van der Waals surface area contributed by atoms with E-state index in [2.05, 4.69) is 9.88 Å². The maximum absolute atomic E-state index is 5.55. The average Bonchev–Trinajstić information content (AvgIpc) is 2.28. The summed E-state index contributed by atoms with van der Waals surface area (Å²) in [6.07, 6.45) is 1.97. The van der Waals surface area contributed by atoms with E-state index >= 15 is 0 Å². The van der Waals surface area contributed by atoms with Crippen LogP contribution in [-0.4, -0.2) is 36.3 Å². The van der Waals surface area contributed by atoms with Crippen LogP contribution in [0, 0.1) is 0 Å². The Balaban J connectivity index is 2.59. The van der Waals surface area contributed by atoms with Gasteiger partial charge in [0.05, 0.1) is 18.4 Å². The highest BCUT2D eigenvalue weighted by atomic mass is 32.1. The van der Waals surface area contributed by atoms with Crippen LogP contribution in [0.4, 0.5) is 5.69 Å². The summed E-state index contributed by atoms with van der Waals surface area (Å²) in [4.78, 5) is 6.51. The van der Waals surface area contributed by atoms with Gasteiger partial charge in [-0.15, -0.1) is 0 Å². The van der Waals surface area contributed by atoms with Crippen LogP contribution < -0.4 is 10.6 Å². The van der Waals surface area contributed by atoms with Crippen LogP contribution in [-0.2, 0) is 4.74 Å². The molecule has 1 rings (SSSR count). The average molecular weight is 253 g/mol. The van der Waals surface area contributed by atoms with Crippen molar-refractivity contribution in [3.63, 3.8) is 0 Å². The van der Waals surface area contributed by atoms with Gasteiger partial charge in [-0.05, 0) is 26.0 Å². The van der Waals surface area contributed by atoms with Crippen LogP contribution in [0.15, 0.2) is 18.3 Å². The zero-order chi connectivity index (χ0) is 12.8. The lowest BCUT2D eigenvalue weighted by atomic mass is 10.3. The monoisotopic (exact) mass is 253 g/mol. The number of thiocarbonyl (C=S) groups is 1. The lowest BCUT2D eigenvalue weighted by Gasteiger charge is -2.20. The molecule has 0 spiro atoms. The molecular formula is C12H19N3OS. The molecule has 4 nitrogen and oxygen atoms in total. The van der Waals surface area contributed by atoms with Gasteiger partial charge in [-0.25, -0.2) is 0 Å². The van der Waals surface area contributed by atoms with Crippen LogP contribution >= 0.6 is 12.2 Å². The molecule has 5 heteroatoms. The van der Waals surface area contributed by atoms with Crippen molar-refractivity contribution < 1.29 is 4.74 Å². The number of pyridine rings is 1. The van der Waals surface area contributed by atoms with Crippen molar-refractivity contribution in [3.8, 4) is 0 Å². The summed E-state index contributed by atoms with van der Waals surface area (Å²) >= 11 is 4.90. The molecule has 0 saturated heterocycles. The maximum atomic E-state index is 5.55. The largest absolute Gasteiger partial charge is 0.388 e. The van der Waals surface area contributed by atoms with E-state index in [0.29, 0.717) is 17.3 Å². The van der Waals surface area contributed by atoms with Crippen molar-refractivity contribution in [1.82, 2.24) is 4.98 Å². The van der Waals surface area contributed by atoms with Crippen LogP contribution in [0.2, 0.25) is 0 Å². The summed E-state index contributed by atoms with van der Waals surface area (Å²) in [5.74, 6) is 0. The molecule has 0 bridgehead atoms. The number of aromatic nitrogens is 1. The quantitative estimate of drug-likeness (QED) is 0.780. The van der Waals surface area contributed by atoms with Gasteiger partial charge in [0.25, 0.3) is 0 Å². The number of ether oxygens (including phenoxy) is 1. The molecule has 0 aliphatic rings. The minimum Gasteiger partial charge on any atom is -0.388 e. The van der Waals surface area contributed by atoms with Gasteiger partial charge in [-0.3, -0.25) is 4.98 Å². The number of hydrogen-bond donors (Lipinski definition) is 1. The molecule has 0 aliphatic carbocycles. The highest BCUT2D eigenvalue weighted by Gasteiger charge is 2.04. The fourth-order valence-electron chi connectivity index (χ4n) is 1.35. The standard InChI is InChI=1S/C12H19N3OS/c1-9(2)16-7-6-15(3)10-4-5-14-11(8-10)12(13)17/h4-5,8-9H,6-7H2,1-3H3,(H2,13,17). The van der Waals surface area contributed by atoms with E-state index in [-0.39, 0.29) is 6.10 Å². The van der Waals surface area contributed by atoms with Gasteiger partial charge in [0.1, 0.15) is 4.99 Å². The molecule has 2 N–H and O–H groups in total. The van der Waals surface area contributed by atoms with Gasteiger partial charge in [0, 0.05) is 25.5 Å². The molecule has 0 fully saturated rings. The summed E-state index contributed by atoms with van der Waals surface area (Å²) in [5.41, 5.74) is 7.23. The molecule has 0 radical (unpaired) electrons. The fourth-order valence-corrected chi connectivity index (χ4v) is 1.46. The van der Waals surface area contributed by atoms with Gasteiger partial charge in [0.15, 0.2) is 0 Å². The van der Waals surface area contributed by atoms with Gasteiger partial charge < -0.3 is 15.4 Å². The van der Waals surface area contributed by atoms with Crippen LogP contribution in [0.1, 0.15) is 19.5 Å². The number of hydrogen-bond acceptors (Lipinski definition) is 4. The zero-order valence-corrected chi connectivity index (χ0v) is 11.3. The van der Waals surface area contributed by atoms with E-state index in [1.54, 1.807) is 6.20 Å². The molecule has 0 amide bonds. The molecule has 1 aromatic rings. The molecular weight excluding hydrogens is 234 g/mol. The third-order valence-electron chi connectivity index (χ3n) is 2.31.